The van der Waals surface area contributed by atoms with Crippen molar-refractivity contribution in [2.75, 3.05) is 18.2 Å². The number of ether oxygens (including phenoxy) is 1. The smallest absolute Gasteiger partial charge is 0.222 e. The van der Waals surface area contributed by atoms with E-state index >= 15 is 0 Å². The zero-order chi connectivity index (χ0) is 14.8. The number of thiazole rings is 1. The van der Waals surface area contributed by atoms with Gasteiger partial charge in [-0.1, -0.05) is 6.07 Å². The molecule has 2 aromatic heterocycles. The van der Waals surface area contributed by atoms with E-state index in [0.717, 1.165) is 15.9 Å². The molecule has 0 aliphatic rings. The van der Waals surface area contributed by atoms with Gasteiger partial charge >= 0.3 is 0 Å². The maximum absolute atomic E-state index is 5.79. The maximum Gasteiger partial charge on any atom is 0.222 e. The monoisotopic (exact) mass is 301 g/mol. The van der Waals surface area contributed by atoms with Crippen LogP contribution in [0, 0.1) is 0 Å². The summed E-state index contributed by atoms with van der Waals surface area (Å²) >= 11 is 1.59. The van der Waals surface area contributed by atoms with Gasteiger partial charge in [0.05, 0.1) is 24.1 Å². The van der Waals surface area contributed by atoms with E-state index in [2.05, 4.69) is 20.3 Å². The van der Waals surface area contributed by atoms with E-state index < -0.39 is 0 Å². The standard InChI is InChI=1S/C14H15N5OS/c1-8(13-16-6-7-21-13)17-12-11-9(18-14(15)19-12)4-3-5-10(11)20-2/h3-8H,1-2H3,(H3,15,17,18,19)/t8-/m1/s1. The lowest BCUT2D eigenvalue weighted by molar-refractivity contribution is 0.419. The molecule has 0 radical (unpaired) electrons. The normalized spacial score (nSPS) is 12.3. The molecule has 0 saturated heterocycles. The van der Waals surface area contributed by atoms with E-state index in [1.54, 1.807) is 24.6 Å². The number of hydrogen-bond acceptors (Lipinski definition) is 7. The van der Waals surface area contributed by atoms with E-state index in [9.17, 15) is 0 Å². The number of anilines is 2. The van der Waals surface area contributed by atoms with Crippen molar-refractivity contribution in [1.82, 2.24) is 15.0 Å². The largest absolute Gasteiger partial charge is 0.496 e. The van der Waals surface area contributed by atoms with E-state index in [-0.39, 0.29) is 12.0 Å². The molecule has 6 nitrogen and oxygen atoms in total. The van der Waals surface area contributed by atoms with Crippen molar-refractivity contribution in [3.05, 3.63) is 34.8 Å². The van der Waals surface area contributed by atoms with Gasteiger partial charge in [-0.2, -0.15) is 4.98 Å². The van der Waals surface area contributed by atoms with Crippen molar-refractivity contribution in [2.24, 2.45) is 0 Å². The molecule has 2 heterocycles. The Morgan fingerprint density at radius 2 is 2.19 bits per heavy atom. The topological polar surface area (TPSA) is 86.0 Å². The van der Waals surface area contributed by atoms with E-state index in [0.29, 0.717) is 11.6 Å². The maximum atomic E-state index is 5.79. The summed E-state index contributed by atoms with van der Waals surface area (Å²) in [4.78, 5) is 12.9. The second-order valence-corrected chi connectivity index (χ2v) is 5.45. The number of hydrogen-bond donors (Lipinski definition) is 2. The predicted octanol–water partition coefficient (Wildman–Crippen LogP) is 2.85. The Morgan fingerprint density at radius 1 is 1.33 bits per heavy atom. The first kappa shape index (κ1) is 13.6. The molecule has 21 heavy (non-hydrogen) atoms. The van der Waals surface area contributed by atoms with Gasteiger partial charge in [0, 0.05) is 11.6 Å². The van der Waals surface area contributed by atoms with E-state index in [1.807, 2.05) is 30.5 Å². The number of rotatable bonds is 4. The van der Waals surface area contributed by atoms with Gasteiger partial charge in [0.1, 0.15) is 16.6 Å². The van der Waals surface area contributed by atoms with Crippen LogP contribution in [0.5, 0.6) is 5.75 Å². The first-order valence-electron chi connectivity index (χ1n) is 6.45. The minimum Gasteiger partial charge on any atom is -0.496 e. The van der Waals surface area contributed by atoms with Gasteiger partial charge in [0.25, 0.3) is 0 Å². The number of nitrogens with two attached hydrogens (primary N) is 1. The van der Waals surface area contributed by atoms with Crippen LogP contribution in [-0.4, -0.2) is 22.1 Å². The highest BCUT2D eigenvalue weighted by atomic mass is 32.1. The first-order valence-corrected chi connectivity index (χ1v) is 7.33. The lowest BCUT2D eigenvalue weighted by atomic mass is 10.2. The molecule has 0 spiro atoms. The molecule has 0 bridgehead atoms. The summed E-state index contributed by atoms with van der Waals surface area (Å²) in [6.07, 6.45) is 1.78. The van der Waals surface area contributed by atoms with Crippen molar-refractivity contribution >= 4 is 34.0 Å². The Hall–Kier alpha value is -2.41. The van der Waals surface area contributed by atoms with Gasteiger partial charge in [-0.3, -0.25) is 0 Å². The van der Waals surface area contributed by atoms with Gasteiger partial charge in [0.2, 0.25) is 5.95 Å². The van der Waals surface area contributed by atoms with Crippen LogP contribution in [0.3, 0.4) is 0 Å². The predicted molar refractivity (Wildman–Crippen MR) is 84.7 cm³/mol. The molecule has 1 aromatic carbocycles. The quantitative estimate of drug-likeness (QED) is 0.770. The van der Waals surface area contributed by atoms with Crippen LogP contribution >= 0.6 is 11.3 Å². The van der Waals surface area contributed by atoms with Crippen LogP contribution < -0.4 is 15.8 Å². The third-order valence-corrected chi connectivity index (χ3v) is 4.06. The van der Waals surface area contributed by atoms with Crippen LogP contribution in [0.15, 0.2) is 29.8 Å². The number of nitrogens with one attached hydrogen (secondary N) is 1. The van der Waals surface area contributed by atoms with Crippen molar-refractivity contribution in [2.45, 2.75) is 13.0 Å². The van der Waals surface area contributed by atoms with Crippen molar-refractivity contribution < 1.29 is 4.74 Å². The summed E-state index contributed by atoms with van der Waals surface area (Å²) in [5, 5.41) is 7.08. The SMILES string of the molecule is COc1cccc2nc(N)nc(N[C@H](C)c3nccs3)c12. The molecule has 1 atom stereocenters. The van der Waals surface area contributed by atoms with E-state index in [4.69, 9.17) is 10.5 Å². The second kappa shape index (κ2) is 5.53. The number of nitrogens with zero attached hydrogens (tertiary/aromatic N) is 3. The lowest BCUT2D eigenvalue weighted by Gasteiger charge is -2.15. The Balaban J connectivity index is 2.08. The van der Waals surface area contributed by atoms with Crippen molar-refractivity contribution in [3.63, 3.8) is 0 Å². The molecule has 3 N–H and O–H groups in total. The van der Waals surface area contributed by atoms with Crippen LogP contribution in [0.2, 0.25) is 0 Å². The Bertz CT molecular complexity index is 759. The Labute approximate surface area is 126 Å². The molecular weight excluding hydrogens is 286 g/mol. The summed E-state index contributed by atoms with van der Waals surface area (Å²) in [6.45, 7) is 2.03. The summed E-state index contributed by atoms with van der Waals surface area (Å²) in [7, 11) is 1.62. The second-order valence-electron chi connectivity index (χ2n) is 4.52. The van der Waals surface area contributed by atoms with Crippen molar-refractivity contribution in [1.29, 1.82) is 0 Å². The third-order valence-electron chi connectivity index (χ3n) is 3.10. The molecule has 0 fully saturated rings. The molecule has 0 amide bonds. The fourth-order valence-electron chi connectivity index (χ4n) is 2.16. The zero-order valence-corrected chi connectivity index (χ0v) is 12.5. The number of nitrogen functional groups attached to an aromatic ring is 1. The molecule has 0 unspecified atom stereocenters. The Kier molecular flexibility index (Phi) is 3.57. The van der Waals surface area contributed by atoms with Crippen LogP contribution in [0.1, 0.15) is 18.0 Å². The average Bonchev–Trinajstić information content (AvgIpc) is 3.00. The summed E-state index contributed by atoms with van der Waals surface area (Å²) in [5.41, 5.74) is 6.54. The summed E-state index contributed by atoms with van der Waals surface area (Å²) in [5.74, 6) is 1.59. The molecule has 3 rings (SSSR count). The first-order chi connectivity index (χ1) is 10.2. The Morgan fingerprint density at radius 3 is 2.90 bits per heavy atom. The molecule has 0 saturated carbocycles. The number of aromatic nitrogens is 3. The third kappa shape index (κ3) is 2.59. The fourth-order valence-corrected chi connectivity index (χ4v) is 2.81. The highest BCUT2D eigenvalue weighted by molar-refractivity contribution is 7.09. The van der Waals surface area contributed by atoms with E-state index in [1.165, 1.54) is 0 Å². The molecule has 0 aliphatic carbocycles. The van der Waals surface area contributed by atoms with Gasteiger partial charge in [-0.05, 0) is 19.1 Å². The molecular formula is C14H15N5OS. The van der Waals surface area contributed by atoms with Gasteiger partial charge in [-0.25, -0.2) is 9.97 Å². The zero-order valence-electron chi connectivity index (χ0n) is 11.7. The average molecular weight is 301 g/mol. The van der Waals surface area contributed by atoms with Gasteiger partial charge in [0.15, 0.2) is 0 Å². The molecule has 108 valence electrons. The lowest BCUT2D eigenvalue weighted by Crippen LogP contribution is -2.10. The molecule has 7 heteroatoms. The number of methoxy groups -OCH3 is 1. The minimum absolute atomic E-state index is 0.0208. The summed E-state index contributed by atoms with van der Waals surface area (Å²) in [6, 6.07) is 5.66. The number of benzene rings is 1. The fraction of sp³-hybridized carbons (Fsp3) is 0.214. The minimum atomic E-state index is 0.0208. The molecule has 0 aliphatic heterocycles. The highest BCUT2D eigenvalue weighted by Crippen LogP contribution is 2.32. The van der Waals surface area contributed by atoms with Crippen LogP contribution in [-0.2, 0) is 0 Å². The van der Waals surface area contributed by atoms with Gasteiger partial charge in [-0.15, -0.1) is 11.3 Å². The van der Waals surface area contributed by atoms with Gasteiger partial charge < -0.3 is 15.8 Å². The summed E-state index contributed by atoms with van der Waals surface area (Å²) < 4.78 is 5.41. The van der Waals surface area contributed by atoms with Crippen LogP contribution in [0.4, 0.5) is 11.8 Å². The highest BCUT2D eigenvalue weighted by Gasteiger charge is 2.15. The van der Waals surface area contributed by atoms with Crippen LogP contribution in [0.25, 0.3) is 10.9 Å². The molecule has 3 aromatic rings. The van der Waals surface area contributed by atoms with Crippen molar-refractivity contribution in [3.8, 4) is 5.75 Å². The number of fused-ring (bicyclic) bond motifs is 1.